The zero-order valence-electron chi connectivity index (χ0n) is 8.47. The van der Waals surface area contributed by atoms with Crippen molar-refractivity contribution >= 4 is 17.2 Å². The van der Waals surface area contributed by atoms with Gasteiger partial charge in [0.2, 0.25) is 0 Å². The van der Waals surface area contributed by atoms with Gasteiger partial charge in [0.1, 0.15) is 12.1 Å². The van der Waals surface area contributed by atoms with Crippen molar-refractivity contribution in [2.24, 2.45) is 0 Å². The van der Waals surface area contributed by atoms with Gasteiger partial charge in [0.25, 0.3) is 0 Å². The lowest BCUT2D eigenvalue weighted by Crippen LogP contribution is -2.01. The van der Waals surface area contributed by atoms with E-state index in [1.54, 1.807) is 17.7 Å². The van der Waals surface area contributed by atoms with Crippen molar-refractivity contribution < 1.29 is 0 Å². The van der Waals surface area contributed by atoms with Gasteiger partial charge in [-0.1, -0.05) is 6.92 Å². The van der Waals surface area contributed by atoms with E-state index in [0.717, 1.165) is 24.5 Å². The highest BCUT2D eigenvalue weighted by molar-refractivity contribution is 7.09. The number of anilines is 1. The van der Waals surface area contributed by atoms with E-state index in [1.807, 2.05) is 17.8 Å². The molecule has 0 fully saturated rings. The minimum Gasteiger partial charge on any atom is -0.365 e. The van der Waals surface area contributed by atoms with Crippen molar-refractivity contribution in [3.05, 3.63) is 34.7 Å². The van der Waals surface area contributed by atoms with E-state index in [4.69, 9.17) is 0 Å². The minimum atomic E-state index is 0.769. The Bertz CT molecular complexity index is 413. The van der Waals surface area contributed by atoms with Gasteiger partial charge in [0.05, 0.1) is 12.1 Å². The highest BCUT2D eigenvalue weighted by Crippen LogP contribution is 2.09. The molecule has 2 aromatic heterocycles. The second-order valence-corrected chi connectivity index (χ2v) is 4.04. The minimum absolute atomic E-state index is 0.769. The molecule has 0 saturated carbocycles. The molecule has 0 saturated heterocycles. The largest absolute Gasteiger partial charge is 0.365 e. The van der Waals surface area contributed by atoms with Gasteiger partial charge in [0, 0.05) is 22.8 Å². The number of rotatable bonds is 4. The Kier molecular flexibility index (Phi) is 3.24. The highest BCUT2D eigenvalue weighted by Gasteiger charge is 1.98. The number of nitrogens with one attached hydrogen (secondary N) is 1. The molecule has 0 radical (unpaired) electrons. The fraction of sp³-hybridized carbons (Fsp3) is 0.300. The fourth-order valence-electron chi connectivity index (χ4n) is 1.19. The Morgan fingerprint density at radius 3 is 3.07 bits per heavy atom. The first kappa shape index (κ1) is 10.0. The first-order chi connectivity index (χ1) is 7.38. The zero-order valence-corrected chi connectivity index (χ0v) is 9.29. The smallest absolute Gasteiger partial charge is 0.129 e. The molecular weight excluding hydrogens is 208 g/mol. The summed E-state index contributed by atoms with van der Waals surface area (Å²) in [5, 5.41) is 3.24. The SMILES string of the molecule is CCc1cc(NCc2cncs2)ncn1. The molecule has 2 heterocycles. The van der Waals surface area contributed by atoms with Crippen LogP contribution in [0.5, 0.6) is 0 Å². The van der Waals surface area contributed by atoms with Gasteiger partial charge in [0.15, 0.2) is 0 Å². The predicted molar refractivity (Wildman–Crippen MR) is 60.9 cm³/mol. The summed E-state index contributed by atoms with van der Waals surface area (Å²) < 4.78 is 0. The van der Waals surface area contributed by atoms with Crippen LogP contribution < -0.4 is 5.32 Å². The normalized spacial score (nSPS) is 10.2. The molecule has 2 rings (SSSR count). The average Bonchev–Trinajstić information content (AvgIpc) is 2.79. The van der Waals surface area contributed by atoms with Gasteiger partial charge in [-0.05, 0) is 6.42 Å². The van der Waals surface area contributed by atoms with Crippen LogP contribution in [0.3, 0.4) is 0 Å². The van der Waals surface area contributed by atoms with Crippen molar-refractivity contribution in [1.82, 2.24) is 15.0 Å². The van der Waals surface area contributed by atoms with E-state index >= 15 is 0 Å². The van der Waals surface area contributed by atoms with Crippen LogP contribution >= 0.6 is 11.3 Å². The highest BCUT2D eigenvalue weighted by atomic mass is 32.1. The molecule has 0 amide bonds. The van der Waals surface area contributed by atoms with Crippen molar-refractivity contribution in [3.8, 4) is 0 Å². The van der Waals surface area contributed by atoms with Gasteiger partial charge in [-0.15, -0.1) is 11.3 Å². The maximum Gasteiger partial charge on any atom is 0.129 e. The molecular formula is C10H12N4S. The maximum absolute atomic E-state index is 4.15. The zero-order chi connectivity index (χ0) is 10.5. The molecule has 15 heavy (non-hydrogen) atoms. The summed E-state index contributed by atoms with van der Waals surface area (Å²) in [6.07, 6.45) is 4.38. The van der Waals surface area contributed by atoms with Crippen LogP contribution in [-0.4, -0.2) is 15.0 Å². The van der Waals surface area contributed by atoms with Crippen LogP contribution in [-0.2, 0) is 13.0 Å². The summed E-state index contributed by atoms with van der Waals surface area (Å²) in [4.78, 5) is 13.5. The Balaban J connectivity index is 1.98. The van der Waals surface area contributed by atoms with Gasteiger partial charge < -0.3 is 5.32 Å². The molecule has 0 aliphatic rings. The number of hydrogen-bond donors (Lipinski definition) is 1. The van der Waals surface area contributed by atoms with Crippen LogP contribution in [0, 0.1) is 0 Å². The third-order valence-corrected chi connectivity index (χ3v) is 2.79. The summed E-state index contributed by atoms with van der Waals surface area (Å²) in [6.45, 7) is 2.85. The van der Waals surface area contributed by atoms with E-state index in [0.29, 0.717) is 0 Å². The second-order valence-electron chi connectivity index (χ2n) is 3.07. The summed E-state index contributed by atoms with van der Waals surface area (Å²) in [5.74, 6) is 0.871. The van der Waals surface area contributed by atoms with Gasteiger partial charge in [-0.25, -0.2) is 9.97 Å². The number of hydrogen-bond acceptors (Lipinski definition) is 5. The van der Waals surface area contributed by atoms with Crippen molar-refractivity contribution in [2.45, 2.75) is 19.9 Å². The number of nitrogens with zero attached hydrogens (tertiary/aromatic N) is 3. The van der Waals surface area contributed by atoms with Gasteiger partial charge in [-0.3, -0.25) is 4.98 Å². The molecule has 2 aromatic rings. The standard InChI is InChI=1S/C10H12N4S/c1-2-8-3-10(14-6-13-8)12-5-9-4-11-7-15-9/h3-4,6-7H,2,5H2,1H3,(H,12,13,14). The first-order valence-corrected chi connectivity index (χ1v) is 5.68. The van der Waals surface area contributed by atoms with Gasteiger partial charge >= 0.3 is 0 Å². The van der Waals surface area contributed by atoms with E-state index in [1.165, 1.54) is 4.88 Å². The summed E-state index contributed by atoms with van der Waals surface area (Å²) >= 11 is 1.64. The lowest BCUT2D eigenvalue weighted by molar-refractivity contribution is 0.988. The van der Waals surface area contributed by atoms with Crippen LogP contribution in [0.15, 0.2) is 24.1 Å². The van der Waals surface area contributed by atoms with Gasteiger partial charge in [-0.2, -0.15) is 0 Å². The van der Waals surface area contributed by atoms with E-state index in [9.17, 15) is 0 Å². The van der Waals surface area contributed by atoms with E-state index < -0.39 is 0 Å². The molecule has 0 aromatic carbocycles. The van der Waals surface area contributed by atoms with Crippen LogP contribution in [0.2, 0.25) is 0 Å². The predicted octanol–water partition coefficient (Wildman–Crippen LogP) is 2.11. The third-order valence-electron chi connectivity index (χ3n) is 2.01. The lowest BCUT2D eigenvalue weighted by Gasteiger charge is -2.03. The quantitative estimate of drug-likeness (QED) is 0.857. The fourth-order valence-corrected chi connectivity index (χ4v) is 1.73. The van der Waals surface area contributed by atoms with Crippen LogP contribution in [0.1, 0.15) is 17.5 Å². The van der Waals surface area contributed by atoms with Crippen molar-refractivity contribution in [1.29, 1.82) is 0 Å². The van der Waals surface area contributed by atoms with Crippen LogP contribution in [0.25, 0.3) is 0 Å². The number of aryl methyl sites for hydroxylation is 1. The summed E-state index contributed by atoms with van der Waals surface area (Å²) in [5.41, 5.74) is 2.88. The molecule has 0 unspecified atom stereocenters. The monoisotopic (exact) mass is 220 g/mol. The van der Waals surface area contributed by atoms with Crippen LogP contribution in [0.4, 0.5) is 5.82 Å². The summed E-state index contributed by atoms with van der Waals surface area (Å²) in [7, 11) is 0. The second kappa shape index (κ2) is 4.84. The molecule has 1 N–H and O–H groups in total. The van der Waals surface area contributed by atoms with Crippen molar-refractivity contribution in [3.63, 3.8) is 0 Å². The molecule has 5 heteroatoms. The third kappa shape index (κ3) is 2.73. The lowest BCUT2D eigenvalue weighted by atomic mass is 10.3. The number of aromatic nitrogens is 3. The summed E-state index contributed by atoms with van der Waals surface area (Å²) in [6, 6.07) is 1.97. The Hall–Kier alpha value is -1.49. The molecule has 78 valence electrons. The number of thiazole rings is 1. The van der Waals surface area contributed by atoms with E-state index in [-0.39, 0.29) is 0 Å². The molecule has 4 nitrogen and oxygen atoms in total. The molecule has 0 aliphatic heterocycles. The topological polar surface area (TPSA) is 50.7 Å². The molecule has 0 bridgehead atoms. The molecule has 0 aliphatic carbocycles. The Labute approximate surface area is 92.4 Å². The van der Waals surface area contributed by atoms with Crippen molar-refractivity contribution in [2.75, 3.05) is 5.32 Å². The first-order valence-electron chi connectivity index (χ1n) is 4.80. The Morgan fingerprint density at radius 2 is 2.33 bits per heavy atom. The molecule has 0 atom stereocenters. The van der Waals surface area contributed by atoms with E-state index in [2.05, 4.69) is 27.2 Å². The average molecular weight is 220 g/mol. The molecule has 0 spiro atoms. The Morgan fingerprint density at radius 1 is 1.40 bits per heavy atom. The maximum atomic E-state index is 4.15.